The number of rotatable bonds is 9. The number of hydrogen-bond donors (Lipinski definition) is 2. The number of halogens is 1. The van der Waals surface area contributed by atoms with Gasteiger partial charge in [0, 0.05) is 45.4 Å². The van der Waals surface area contributed by atoms with E-state index in [9.17, 15) is 9.59 Å². The summed E-state index contributed by atoms with van der Waals surface area (Å²) in [4.78, 5) is 29.5. The quantitative estimate of drug-likeness (QED) is 0.594. The highest BCUT2D eigenvalue weighted by atomic mass is 35.5. The molecule has 0 atom stereocenters. The Kier molecular flexibility index (Phi) is 9.52. The average molecular weight is 455 g/mol. The van der Waals surface area contributed by atoms with Crippen LogP contribution in [0, 0.1) is 0 Å². The number of nitrogens with zero attached hydrogens (tertiary/aromatic N) is 4. The van der Waals surface area contributed by atoms with E-state index in [2.05, 4.69) is 16.0 Å². The van der Waals surface area contributed by atoms with Crippen LogP contribution in [-0.2, 0) is 9.53 Å². The number of hydrazine groups is 3. The normalized spacial score (nSPS) is 18.7. The minimum Gasteiger partial charge on any atom is -0.382 e. The van der Waals surface area contributed by atoms with Gasteiger partial charge in [0.15, 0.2) is 0 Å². The number of nitrogens with one attached hydrogen (secondary N) is 2. The summed E-state index contributed by atoms with van der Waals surface area (Å²) in [5, 5.41) is 3.13. The number of carbonyl (C=O) groups is 2. The molecule has 174 valence electrons. The number of likely N-dealkylation sites (tertiary alicyclic amines) is 1. The average Bonchev–Trinajstić information content (AvgIpc) is 3.13. The van der Waals surface area contributed by atoms with Gasteiger partial charge in [-0.15, -0.1) is 23.5 Å². The molecule has 1 aromatic rings. The van der Waals surface area contributed by atoms with E-state index in [1.54, 1.807) is 12.1 Å². The highest BCUT2D eigenvalue weighted by Crippen LogP contribution is 2.34. The van der Waals surface area contributed by atoms with Crippen molar-refractivity contribution in [3.05, 3.63) is 30.3 Å². The van der Waals surface area contributed by atoms with E-state index in [1.165, 1.54) is 5.01 Å². The standard InChI is InChI=1S/C21H34N6O3.ClH/c1-4-19(28)27(18-9-7-6-8-10-18)21(17-30-3)11-13-24(14-12-21)15-16-26-20(29)25(5-2)22-23-26;/h6-10,22-23H,4-5,11-17H2,1-3H3;1H. The second-order valence-corrected chi connectivity index (χ2v) is 7.82. The molecule has 2 heterocycles. The number of piperidine rings is 1. The zero-order chi connectivity index (χ0) is 21.6. The van der Waals surface area contributed by atoms with Crippen LogP contribution in [0.15, 0.2) is 30.3 Å². The maximum atomic E-state index is 13.0. The molecule has 2 saturated heterocycles. The summed E-state index contributed by atoms with van der Waals surface area (Å²) in [5.41, 5.74) is 6.33. The van der Waals surface area contributed by atoms with Gasteiger partial charge >= 0.3 is 6.03 Å². The van der Waals surface area contributed by atoms with Gasteiger partial charge in [0.05, 0.1) is 18.7 Å². The smallest absolute Gasteiger partial charge is 0.350 e. The largest absolute Gasteiger partial charge is 0.382 e. The molecule has 3 amide bonds. The molecule has 3 rings (SSSR count). The number of hydrogen-bond acceptors (Lipinski definition) is 6. The lowest BCUT2D eigenvalue weighted by Gasteiger charge is -2.48. The summed E-state index contributed by atoms with van der Waals surface area (Å²) in [6, 6.07) is 9.82. The first-order valence-electron chi connectivity index (χ1n) is 10.7. The van der Waals surface area contributed by atoms with E-state index in [0.29, 0.717) is 26.1 Å². The monoisotopic (exact) mass is 454 g/mol. The Bertz CT molecular complexity index is 714. The zero-order valence-corrected chi connectivity index (χ0v) is 19.5. The first-order valence-corrected chi connectivity index (χ1v) is 10.7. The highest BCUT2D eigenvalue weighted by Gasteiger charge is 2.43. The van der Waals surface area contributed by atoms with Crippen molar-refractivity contribution in [1.29, 1.82) is 0 Å². The predicted octanol–water partition coefficient (Wildman–Crippen LogP) is 2.01. The summed E-state index contributed by atoms with van der Waals surface area (Å²) in [6.45, 7) is 7.99. The van der Waals surface area contributed by atoms with Crippen molar-refractivity contribution in [2.24, 2.45) is 0 Å². The topological polar surface area (TPSA) is 80.4 Å². The maximum absolute atomic E-state index is 13.0. The summed E-state index contributed by atoms with van der Waals surface area (Å²) in [7, 11) is 1.70. The van der Waals surface area contributed by atoms with Crippen LogP contribution >= 0.6 is 12.4 Å². The Labute approximate surface area is 191 Å². The molecular weight excluding hydrogens is 420 g/mol. The molecule has 2 fully saturated rings. The minimum absolute atomic E-state index is 0. The first kappa shape index (κ1) is 25.4. The van der Waals surface area contributed by atoms with E-state index < -0.39 is 0 Å². The molecule has 0 spiro atoms. The Morgan fingerprint density at radius 2 is 1.74 bits per heavy atom. The number of anilines is 1. The lowest BCUT2D eigenvalue weighted by molar-refractivity contribution is -0.120. The third-order valence-electron chi connectivity index (χ3n) is 5.98. The van der Waals surface area contributed by atoms with Gasteiger partial charge < -0.3 is 14.5 Å². The second kappa shape index (κ2) is 11.6. The molecule has 0 bridgehead atoms. The number of carbonyl (C=O) groups excluding carboxylic acids is 2. The van der Waals surface area contributed by atoms with E-state index in [0.717, 1.165) is 38.2 Å². The number of amides is 3. The molecule has 10 heteroatoms. The molecule has 31 heavy (non-hydrogen) atoms. The fraction of sp³-hybridized carbons (Fsp3) is 0.619. The number of ether oxygens (including phenoxy) is 1. The van der Waals surface area contributed by atoms with Crippen LogP contribution < -0.4 is 16.0 Å². The number of urea groups is 1. The van der Waals surface area contributed by atoms with Crippen LogP contribution in [0.2, 0.25) is 0 Å². The van der Waals surface area contributed by atoms with Gasteiger partial charge in [0.25, 0.3) is 0 Å². The lowest BCUT2D eigenvalue weighted by Crippen LogP contribution is -2.60. The molecule has 2 aliphatic rings. The van der Waals surface area contributed by atoms with E-state index in [-0.39, 0.29) is 29.9 Å². The van der Waals surface area contributed by atoms with Crippen molar-refractivity contribution in [2.75, 3.05) is 51.3 Å². The summed E-state index contributed by atoms with van der Waals surface area (Å²) >= 11 is 0. The molecule has 0 radical (unpaired) electrons. The van der Waals surface area contributed by atoms with Gasteiger partial charge in [-0.3, -0.25) is 4.79 Å². The molecule has 9 nitrogen and oxygen atoms in total. The Balaban J connectivity index is 0.00000341. The first-order chi connectivity index (χ1) is 14.5. The van der Waals surface area contributed by atoms with Gasteiger partial charge in [-0.25, -0.2) is 14.8 Å². The van der Waals surface area contributed by atoms with Crippen LogP contribution in [0.3, 0.4) is 0 Å². The minimum atomic E-state index is -0.359. The predicted molar refractivity (Wildman–Crippen MR) is 123 cm³/mol. The molecule has 0 saturated carbocycles. The van der Waals surface area contributed by atoms with E-state index >= 15 is 0 Å². The van der Waals surface area contributed by atoms with Crippen LogP contribution in [0.4, 0.5) is 10.5 Å². The van der Waals surface area contributed by atoms with E-state index in [1.807, 2.05) is 49.1 Å². The Morgan fingerprint density at radius 1 is 1.10 bits per heavy atom. The molecule has 0 aromatic heterocycles. The fourth-order valence-electron chi connectivity index (χ4n) is 4.28. The molecule has 2 aliphatic heterocycles. The molecule has 0 unspecified atom stereocenters. The van der Waals surface area contributed by atoms with Gasteiger partial charge in [-0.2, -0.15) is 0 Å². The van der Waals surface area contributed by atoms with Crippen LogP contribution in [0.5, 0.6) is 0 Å². The third-order valence-corrected chi connectivity index (χ3v) is 5.98. The summed E-state index contributed by atoms with van der Waals surface area (Å²) in [5.74, 6) is 0.115. The van der Waals surface area contributed by atoms with Crippen molar-refractivity contribution in [1.82, 2.24) is 26.0 Å². The zero-order valence-electron chi connectivity index (χ0n) is 18.7. The van der Waals surface area contributed by atoms with Crippen molar-refractivity contribution in [3.63, 3.8) is 0 Å². The lowest BCUT2D eigenvalue weighted by atomic mass is 9.85. The maximum Gasteiger partial charge on any atom is 0.350 e. The van der Waals surface area contributed by atoms with Gasteiger partial charge in [-0.05, 0) is 31.9 Å². The van der Waals surface area contributed by atoms with Gasteiger partial charge in [-0.1, -0.05) is 25.1 Å². The number of benzene rings is 1. The summed E-state index contributed by atoms with van der Waals surface area (Å²) < 4.78 is 5.61. The van der Waals surface area contributed by atoms with Crippen LogP contribution in [0.25, 0.3) is 0 Å². The second-order valence-electron chi connectivity index (χ2n) is 7.82. The molecular formula is C21H35ClN6O3. The highest BCUT2D eigenvalue weighted by molar-refractivity contribution is 5.94. The van der Waals surface area contributed by atoms with Gasteiger partial charge in [0.1, 0.15) is 0 Å². The molecule has 0 aliphatic carbocycles. The fourth-order valence-corrected chi connectivity index (χ4v) is 4.28. The third kappa shape index (κ3) is 5.67. The van der Waals surface area contributed by atoms with Crippen molar-refractivity contribution in [3.8, 4) is 0 Å². The number of methoxy groups -OCH3 is 1. The van der Waals surface area contributed by atoms with Gasteiger partial charge in [0.2, 0.25) is 5.91 Å². The van der Waals surface area contributed by atoms with Crippen molar-refractivity contribution >= 4 is 30.0 Å². The molecule has 2 N–H and O–H groups in total. The molecule has 1 aromatic carbocycles. The van der Waals surface area contributed by atoms with Crippen molar-refractivity contribution < 1.29 is 14.3 Å². The van der Waals surface area contributed by atoms with Crippen LogP contribution in [-0.4, -0.2) is 78.8 Å². The van der Waals surface area contributed by atoms with Crippen molar-refractivity contribution in [2.45, 2.75) is 38.6 Å². The Hall–Kier alpha value is -1.91. The summed E-state index contributed by atoms with van der Waals surface area (Å²) in [6.07, 6.45) is 2.10. The number of para-hydroxylation sites is 1. The van der Waals surface area contributed by atoms with E-state index in [4.69, 9.17) is 4.74 Å². The Morgan fingerprint density at radius 3 is 2.29 bits per heavy atom. The SMILES string of the molecule is CCC(=O)N(c1ccccc1)C1(COC)CCN(CCN2NNN(CC)C2=O)CC1.Cl. The van der Waals surface area contributed by atoms with Crippen LogP contribution in [0.1, 0.15) is 33.1 Å².